The second-order valence-corrected chi connectivity index (χ2v) is 5.08. The molecule has 3 rings (SSSR count). The van der Waals surface area contributed by atoms with Crippen molar-refractivity contribution in [3.63, 3.8) is 0 Å². The Morgan fingerprint density at radius 3 is 2.81 bits per heavy atom. The number of fused-ring (bicyclic) bond motifs is 1. The molecule has 110 valence electrons. The number of carbonyl (C=O) groups is 2. The number of carbonyl (C=O) groups excluding carboxylic acids is 2. The predicted octanol–water partition coefficient (Wildman–Crippen LogP) is 1.20. The number of primary amides is 1. The number of nitrogens with one attached hydrogen (secondary N) is 1. The first-order chi connectivity index (χ1) is 10.1. The van der Waals surface area contributed by atoms with E-state index in [9.17, 15) is 9.59 Å². The summed E-state index contributed by atoms with van der Waals surface area (Å²) in [5.41, 5.74) is 5.86. The van der Waals surface area contributed by atoms with Crippen molar-refractivity contribution in [2.45, 2.75) is 25.0 Å². The molecule has 0 bridgehead atoms. The summed E-state index contributed by atoms with van der Waals surface area (Å²) in [6.07, 6.45) is 0.572. The van der Waals surface area contributed by atoms with Crippen molar-refractivity contribution in [2.24, 2.45) is 5.73 Å². The minimum Gasteiger partial charge on any atom is -0.451 e. The maximum Gasteiger partial charge on any atom is 0.287 e. The number of hydrogen-bond donors (Lipinski definition) is 2. The van der Waals surface area contributed by atoms with Gasteiger partial charge in [-0.2, -0.15) is 0 Å². The van der Waals surface area contributed by atoms with E-state index in [0.29, 0.717) is 25.0 Å². The van der Waals surface area contributed by atoms with Gasteiger partial charge in [0.05, 0.1) is 6.10 Å². The molecule has 0 saturated carbocycles. The number of rotatable bonds is 4. The lowest BCUT2D eigenvalue weighted by Crippen LogP contribution is -2.34. The van der Waals surface area contributed by atoms with Crippen LogP contribution in [0.1, 0.15) is 23.4 Å². The lowest BCUT2D eigenvalue weighted by atomic mass is 10.2. The van der Waals surface area contributed by atoms with Gasteiger partial charge in [-0.05, 0) is 25.0 Å². The van der Waals surface area contributed by atoms with Crippen LogP contribution in [0.5, 0.6) is 0 Å². The molecule has 2 amide bonds. The zero-order chi connectivity index (χ0) is 14.8. The Balaban J connectivity index is 1.58. The maximum atomic E-state index is 12.0. The van der Waals surface area contributed by atoms with Gasteiger partial charge in [-0.25, -0.2) is 0 Å². The van der Waals surface area contributed by atoms with Crippen LogP contribution >= 0.6 is 0 Å². The molecule has 1 aliphatic rings. The summed E-state index contributed by atoms with van der Waals surface area (Å²) in [5.74, 6) is -0.487. The van der Waals surface area contributed by atoms with Crippen LogP contribution in [0.2, 0.25) is 0 Å². The lowest BCUT2D eigenvalue weighted by Gasteiger charge is -2.11. The van der Waals surface area contributed by atoms with E-state index >= 15 is 0 Å². The number of para-hydroxylation sites is 1. The normalized spacial score (nSPS) is 21.5. The van der Waals surface area contributed by atoms with E-state index in [2.05, 4.69) is 5.32 Å². The highest BCUT2D eigenvalue weighted by Gasteiger charge is 2.29. The van der Waals surface area contributed by atoms with Gasteiger partial charge in [-0.1, -0.05) is 18.2 Å². The van der Waals surface area contributed by atoms with E-state index in [0.717, 1.165) is 5.39 Å². The van der Waals surface area contributed by atoms with Crippen molar-refractivity contribution in [3.8, 4) is 0 Å². The Labute approximate surface area is 121 Å². The third-order valence-corrected chi connectivity index (χ3v) is 3.56. The molecule has 3 N–H and O–H groups in total. The van der Waals surface area contributed by atoms with Crippen LogP contribution in [0, 0.1) is 0 Å². The van der Waals surface area contributed by atoms with Crippen molar-refractivity contribution >= 4 is 22.8 Å². The molecule has 1 aromatic carbocycles. The molecule has 2 atom stereocenters. The summed E-state index contributed by atoms with van der Waals surface area (Å²) in [7, 11) is 0. The van der Waals surface area contributed by atoms with E-state index in [-0.39, 0.29) is 17.8 Å². The first-order valence-corrected chi connectivity index (χ1v) is 6.85. The number of furan rings is 1. The molecule has 1 saturated heterocycles. The predicted molar refractivity (Wildman–Crippen MR) is 75.6 cm³/mol. The molecule has 1 fully saturated rings. The summed E-state index contributed by atoms with van der Waals surface area (Å²) in [6, 6.07) is 9.13. The number of benzene rings is 1. The molecule has 1 aromatic heterocycles. The van der Waals surface area contributed by atoms with Gasteiger partial charge in [0.25, 0.3) is 5.91 Å². The topological polar surface area (TPSA) is 94.6 Å². The van der Waals surface area contributed by atoms with E-state index in [4.69, 9.17) is 14.9 Å². The number of ether oxygens (including phenoxy) is 1. The van der Waals surface area contributed by atoms with Crippen molar-refractivity contribution in [1.82, 2.24) is 5.32 Å². The Morgan fingerprint density at radius 2 is 2.10 bits per heavy atom. The fraction of sp³-hybridized carbons (Fsp3) is 0.333. The van der Waals surface area contributed by atoms with Crippen molar-refractivity contribution < 1.29 is 18.7 Å². The van der Waals surface area contributed by atoms with Gasteiger partial charge in [0.1, 0.15) is 11.7 Å². The Morgan fingerprint density at radius 1 is 1.29 bits per heavy atom. The van der Waals surface area contributed by atoms with E-state index in [1.165, 1.54) is 0 Å². The highest BCUT2D eigenvalue weighted by atomic mass is 16.5. The Hall–Kier alpha value is -2.34. The van der Waals surface area contributed by atoms with Gasteiger partial charge < -0.3 is 20.2 Å². The van der Waals surface area contributed by atoms with E-state index in [1.54, 1.807) is 6.07 Å². The molecular formula is C15H16N2O4. The minimum absolute atomic E-state index is 0.184. The SMILES string of the molecule is NC(=O)[C@@H]1CC[C@@H](CNC(=O)c2cc3ccccc3o2)O1. The van der Waals surface area contributed by atoms with Gasteiger partial charge in [0, 0.05) is 11.9 Å². The van der Waals surface area contributed by atoms with Gasteiger partial charge in [-0.3, -0.25) is 9.59 Å². The fourth-order valence-electron chi connectivity index (χ4n) is 2.45. The average molecular weight is 288 g/mol. The third kappa shape index (κ3) is 2.90. The van der Waals surface area contributed by atoms with Crippen LogP contribution in [0.25, 0.3) is 11.0 Å². The largest absolute Gasteiger partial charge is 0.451 e. The monoisotopic (exact) mass is 288 g/mol. The van der Waals surface area contributed by atoms with Crippen LogP contribution in [0.3, 0.4) is 0 Å². The quantitative estimate of drug-likeness (QED) is 0.883. The molecule has 0 radical (unpaired) electrons. The van der Waals surface area contributed by atoms with Gasteiger partial charge >= 0.3 is 0 Å². The zero-order valence-electron chi connectivity index (χ0n) is 11.4. The summed E-state index contributed by atoms with van der Waals surface area (Å²) in [5, 5.41) is 3.63. The van der Waals surface area contributed by atoms with Crippen LogP contribution in [-0.2, 0) is 9.53 Å². The van der Waals surface area contributed by atoms with Crippen LogP contribution in [0.4, 0.5) is 0 Å². The highest BCUT2D eigenvalue weighted by Crippen LogP contribution is 2.20. The van der Waals surface area contributed by atoms with Crippen LogP contribution < -0.4 is 11.1 Å². The average Bonchev–Trinajstić information content (AvgIpc) is 3.11. The molecule has 21 heavy (non-hydrogen) atoms. The number of amides is 2. The fourth-order valence-corrected chi connectivity index (χ4v) is 2.45. The molecule has 2 aromatic rings. The van der Waals surface area contributed by atoms with Gasteiger partial charge in [0.15, 0.2) is 5.76 Å². The summed E-state index contributed by atoms with van der Waals surface area (Å²) in [4.78, 5) is 23.0. The van der Waals surface area contributed by atoms with Crippen LogP contribution in [0.15, 0.2) is 34.7 Å². The lowest BCUT2D eigenvalue weighted by molar-refractivity contribution is -0.128. The molecule has 1 aliphatic heterocycles. The molecular weight excluding hydrogens is 272 g/mol. The molecule has 0 aliphatic carbocycles. The van der Waals surface area contributed by atoms with Crippen LogP contribution in [-0.4, -0.2) is 30.6 Å². The van der Waals surface area contributed by atoms with Gasteiger partial charge in [0.2, 0.25) is 5.91 Å². The molecule has 2 heterocycles. The molecule has 0 spiro atoms. The standard InChI is InChI=1S/C15H16N2O4/c16-14(18)12-6-5-10(20-12)8-17-15(19)13-7-9-3-1-2-4-11(9)21-13/h1-4,7,10,12H,5-6,8H2,(H2,16,18)(H,17,19)/t10-,12-/m0/s1. The minimum atomic E-state index is -0.543. The van der Waals surface area contributed by atoms with Crippen molar-refractivity contribution in [2.75, 3.05) is 6.54 Å². The second-order valence-electron chi connectivity index (χ2n) is 5.08. The van der Waals surface area contributed by atoms with Crippen molar-refractivity contribution in [1.29, 1.82) is 0 Å². The molecule has 6 heteroatoms. The van der Waals surface area contributed by atoms with E-state index in [1.807, 2.05) is 24.3 Å². The Kier molecular flexibility index (Phi) is 3.62. The summed E-state index contributed by atoms with van der Waals surface area (Å²) < 4.78 is 10.9. The number of hydrogen-bond acceptors (Lipinski definition) is 4. The van der Waals surface area contributed by atoms with Crippen molar-refractivity contribution in [3.05, 3.63) is 36.1 Å². The smallest absolute Gasteiger partial charge is 0.287 e. The summed E-state index contributed by atoms with van der Waals surface area (Å²) >= 11 is 0. The first kappa shape index (κ1) is 13.6. The molecule has 0 unspecified atom stereocenters. The van der Waals surface area contributed by atoms with E-state index < -0.39 is 12.0 Å². The second kappa shape index (κ2) is 5.57. The zero-order valence-corrected chi connectivity index (χ0v) is 11.4. The third-order valence-electron chi connectivity index (χ3n) is 3.56. The van der Waals surface area contributed by atoms with Gasteiger partial charge in [-0.15, -0.1) is 0 Å². The first-order valence-electron chi connectivity index (χ1n) is 6.85. The maximum absolute atomic E-state index is 12.0. The summed E-state index contributed by atoms with van der Waals surface area (Å²) in [6.45, 7) is 0.333. The Bertz CT molecular complexity index is 646. The number of nitrogens with two attached hydrogens (primary N) is 1. The highest BCUT2D eigenvalue weighted by molar-refractivity contribution is 5.96. The molecule has 6 nitrogen and oxygen atoms in total.